The first-order valence-electron chi connectivity index (χ1n) is 6.54. The lowest BCUT2D eigenvalue weighted by molar-refractivity contribution is 0.0396. The molecule has 4 nitrogen and oxygen atoms in total. The van der Waals surface area contributed by atoms with E-state index in [0.717, 1.165) is 47.9 Å². The van der Waals surface area contributed by atoms with Gasteiger partial charge < -0.3 is 9.15 Å². The molecule has 0 N–H and O–H groups in total. The van der Waals surface area contributed by atoms with E-state index in [1.54, 1.807) is 6.21 Å². The quantitative estimate of drug-likeness (QED) is 0.807. The van der Waals surface area contributed by atoms with Crippen molar-refractivity contribution in [2.45, 2.75) is 0 Å². The van der Waals surface area contributed by atoms with E-state index < -0.39 is 0 Å². The summed E-state index contributed by atoms with van der Waals surface area (Å²) in [4.78, 5) is 0. The predicted molar refractivity (Wildman–Crippen MR) is 81.8 cm³/mol. The lowest BCUT2D eigenvalue weighted by atomic mass is 10.2. The van der Waals surface area contributed by atoms with Gasteiger partial charge in [-0.1, -0.05) is 28.1 Å². The van der Waals surface area contributed by atoms with Gasteiger partial charge in [0.25, 0.3) is 0 Å². The first-order chi connectivity index (χ1) is 9.81. The van der Waals surface area contributed by atoms with E-state index in [9.17, 15) is 0 Å². The molecular weight excluding hydrogens is 320 g/mol. The highest BCUT2D eigenvalue weighted by atomic mass is 79.9. The standard InChI is InChI=1S/C15H15BrN2O2/c16-13-3-1-12(2-4-13)15-6-5-14(20-15)11-17-18-7-9-19-10-8-18/h1-6,11H,7-10H2/b17-11-. The van der Waals surface area contributed by atoms with Crippen molar-refractivity contribution in [2.24, 2.45) is 5.10 Å². The summed E-state index contributed by atoms with van der Waals surface area (Å²) in [5.41, 5.74) is 1.05. The number of benzene rings is 1. The molecule has 2 aromatic rings. The summed E-state index contributed by atoms with van der Waals surface area (Å²) in [5, 5.41) is 6.39. The van der Waals surface area contributed by atoms with Gasteiger partial charge in [-0.05, 0) is 24.3 Å². The number of hydrogen-bond acceptors (Lipinski definition) is 4. The maximum Gasteiger partial charge on any atom is 0.147 e. The third-order valence-electron chi connectivity index (χ3n) is 3.09. The molecule has 0 saturated carbocycles. The molecule has 0 atom stereocenters. The third kappa shape index (κ3) is 3.29. The fourth-order valence-corrected chi connectivity index (χ4v) is 2.26. The van der Waals surface area contributed by atoms with Crippen molar-refractivity contribution >= 4 is 22.1 Å². The van der Waals surface area contributed by atoms with Gasteiger partial charge in [0.2, 0.25) is 0 Å². The first kappa shape index (κ1) is 13.4. The number of furan rings is 1. The number of halogens is 1. The zero-order valence-electron chi connectivity index (χ0n) is 11.0. The SMILES string of the molecule is Brc1ccc(-c2ccc(/C=N\N3CCOCC3)o2)cc1. The normalized spacial score (nSPS) is 15.9. The Labute approximate surface area is 126 Å². The van der Waals surface area contributed by atoms with E-state index in [4.69, 9.17) is 9.15 Å². The van der Waals surface area contributed by atoms with E-state index in [1.165, 1.54) is 0 Å². The van der Waals surface area contributed by atoms with Crippen LogP contribution in [0.2, 0.25) is 0 Å². The number of rotatable bonds is 3. The van der Waals surface area contributed by atoms with E-state index in [1.807, 2.05) is 41.4 Å². The van der Waals surface area contributed by atoms with Crippen molar-refractivity contribution in [1.29, 1.82) is 0 Å². The van der Waals surface area contributed by atoms with Crippen molar-refractivity contribution in [2.75, 3.05) is 26.3 Å². The van der Waals surface area contributed by atoms with Gasteiger partial charge in [-0.3, -0.25) is 5.01 Å². The van der Waals surface area contributed by atoms with E-state index in [2.05, 4.69) is 21.0 Å². The van der Waals surface area contributed by atoms with Crippen LogP contribution in [-0.2, 0) is 4.74 Å². The second-order valence-corrected chi connectivity index (χ2v) is 5.44. The number of ether oxygens (including phenoxy) is 1. The largest absolute Gasteiger partial charge is 0.455 e. The monoisotopic (exact) mass is 334 g/mol. The summed E-state index contributed by atoms with van der Waals surface area (Å²) < 4.78 is 12.1. The summed E-state index contributed by atoms with van der Waals surface area (Å²) in [6.45, 7) is 3.13. The molecule has 5 heteroatoms. The molecule has 0 spiro atoms. The summed E-state index contributed by atoms with van der Waals surface area (Å²) >= 11 is 3.42. The Kier molecular flexibility index (Phi) is 4.18. The van der Waals surface area contributed by atoms with Gasteiger partial charge in [0.15, 0.2) is 0 Å². The lowest BCUT2D eigenvalue weighted by Crippen LogP contribution is -2.32. The smallest absolute Gasteiger partial charge is 0.147 e. The second kappa shape index (κ2) is 6.24. The molecule has 20 heavy (non-hydrogen) atoms. The van der Waals surface area contributed by atoms with Crippen LogP contribution in [0.1, 0.15) is 5.76 Å². The van der Waals surface area contributed by atoms with Crippen molar-refractivity contribution in [3.05, 3.63) is 46.6 Å². The predicted octanol–water partition coefficient (Wildman–Crippen LogP) is 3.38. The van der Waals surface area contributed by atoms with Gasteiger partial charge in [0, 0.05) is 10.0 Å². The third-order valence-corrected chi connectivity index (χ3v) is 3.62. The molecule has 3 rings (SSSR count). The van der Waals surface area contributed by atoms with Crippen LogP contribution in [0.25, 0.3) is 11.3 Å². The van der Waals surface area contributed by atoms with Crippen molar-refractivity contribution in [3.8, 4) is 11.3 Å². The van der Waals surface area contributed by atoms with Crippen LogP contribution < -0.4 is 0 Å². The average Bonchev–Trinajstić information content (AvgIpc) is 2.96. The van der Waals surface area contributed by atoms with E-state index >= 15 is 0 Å². The van der Waals surface area contributed by atoms with Crippen LogP contribution in [0.3, 0.4) is 0 Å². The van der Waals surface area contributed by atoms with Gasteiger partial charge in [0.05, 0.1) is 32.5 Å². The summed E-state index contributed by atoms with van der Waals surface area (Å²) in [7, 11) is 0. The van der Waals surface area contributed by atoms with Crippen LogP contribution in [0.4, 0.5) is 0 Å². The lowest BCUT2D eigenvalue weighted by Gasteiger charge is -2.23. The van der Waals surface area contributed by atoms with Gasteiger partial charge in [-0.15, -0.1) is 0 Å². The molecule has 1 aromatic carbocycles. The Hall–Kier alpha value is -1.59. The molecule has 0 amide bonds. The zero-order chi connectivity index (χ0) is 13.8. The Morgan fingerprint density at radius 3 is 2.55 bits per heavy atom. The molecule has 0 aliphatic carbocycles. The molecule has 1 saturated heterocycles. The molecule has 104 valence electrons. The highest BCUT2D eigenvalue weighted by Crippen LogP contribution is 2.23. The molecule has 0 radical (unpaired) electrons. The Morgan fingerprint density at radius 1 is 1.05 bits per heavy atom. The zero-order valence-corrected chi connectivity index (χ0v) is 12.5. The minimum Gasteiger partial charge on any atom is -0.455 e. The van der Waals surface area contributed by atoms with Crippen LogP contribution in [0, 0.1) is 0 Å². The van der Waals surface area contributed by atoms with E-state index in [-0.39, 0.29) is 0 Å². The van der Waals surface area contributed by atoms with Crippen LogP contribution in [-0.4, -0.2) is 37.5 Å². The topological polar surface area (TPSA) is 38.0 Å². The Bertz CT molecular complexity index is 586. The first-order valence-corrected chi connectivity index (χ1v) is 7.33. The molecular formula is C15H15BrN2O2. The van der Waals surface area contributed by atoms with Gasteiger partial charge in [0.1, 0.15) is 11.5 Å². The van der Waals surface area contributed by atoms with Crippen molar-refractivity contribution in [3.63, 3.8) is 0 Å². The Balaban J connectivity index is 1.70. The molecule has 1 aliphatic rings. The van der Waals surface area contributed by atoms with Gasteiger partial charge in [-0.25, -0.2) is 0 Å². The minimum absolute atomic E-state index is 0.736. The van der Waals surface area contributed by atoms with Crippen LogP contribution >= 0.6 is 15.9 Å². The highest BCUT2D eigenvalue weighted by molar-refractivity contribution is 9.10. The fourth-order valence-electron chi connectivity index (χ4n) is 2.00. The Morgan fingerprint density at radius 2 is 1.80 bits per heavy atom. The van der Waals surface area contributed by atoms with Crippen LogP contribution in [0.15, 0.2) is 50.4 Å². The van der Waals surface area contributed by atoms with Crippen molar-refractivity contribution < 1.29 is 9.15 Å². The molecule has 1 aromatic heterocycles. The number of nitrogens with zero attached hydrogens (tertiary/aromatic N) is 2. The van der Waals surface area contributed by atoms with E-state index in [0.29, 0.717) is 0 Å². The second-order valence-electron chi connectivity index (χ2n) is 4.52. The fraction of sp³-hybridized carbons (Fsp3) is 0.267. The molecule has 0 unspecified atom stereocenters. The summed E-state index contributed by atoms with van der Waals surface area (Å²) in [6, 6.07) is 11.9. The maximum absolute atomic E-state index is 5.78. The summed E-state index contributed by atoms with van der Waals surface area (Å²) in [5.74, 6) is 1.61. The molecule has 1 fully saturated rings. The van der Waals surface area contributed by atoms with Gasteiger partial charge in [-0.2, -0.15) is 5.10 Å². The minimum atomic E-state index is 0.736. The number of hydrazone groups is 1. The average molecular weight is 335 g/mol. The summed E-state index contributed by atoms with van der Waals surface area (Å²) in [6.07, 6.45) is 1.76. The van der Waals surface area contributed by atoms with Crippen LogP contribution in [0.5, 0.6) is 0 Å². The highest BCUT2D eigenvalue weighted by Gasteiger charge is 2.07. The van der Waals surface area contributed by atoms with Gasteiger partial charge >= 0.3 is 0 Å². The van der Waals surface area contributed by atoms with Crippen molar-refractivity contribution in [1.82, 2.24) is 5.01 Å². The molecule has 2 heterocycles. The number of morpholine rings is 1. The maximum atomic E-state index is 5.78. The molecule has 1 aliphatic heterocycles. The number of hydrogen-bond donors (Lipinski definition) is 0. The molecule has 0 bridgehead atoms.